The van der Waals surface area contributed by atoms with Gasteiger partial charge in [-0.25, -0.2) is 4.68 Å². The van der Waals surface area contributed by atoms with E-state index < -0.39 is 6.04 Å². The second-order valence-corrected chi connectivity index (χ2v) is 9.14. The maximum atomic E-state index is 14.1. The molecule has 0 spiro atoms. The summed E-state index contributed by atoms with van der Waals surface area (Å²) in [6, 6.07) is 17.9. The van der Waals surface area contributed by atoms with Crippen LogP contribution in [0.3, 0.4) is 0 Å². The number of hydrogen-bond donors (Lipinski definition) is 1. The highest BCUT2D eigenvalue weighted by molar-refractivity contribution is 6.02. The van der Waals surface area contributed by atoms with E-state index in [9.17, 15) is 9.59 Å². The molecule has 0 aliphatic carbocycles. The highest BCUT2D eigenvalue weighted by Crippen LogP contribution is 2.31. The van der Waals surface area contributed by atoms with Gasteiger partial charge >= 0.3 is 0 Å². The van der Waals surface area contributed by atoms with Crippen molar-refractivity contribution < 1.29 is 9.59 Å². The molecule has 0 radical (unpaired) electrons. The standard InChI is InChI=1S/C28H32N6O2/c1-4-21-10-5-7-13-24(21)34(26(35)19-33-25-14-8-6-12-23(25)31-32-33)27(22-11-9-16-29-18-22)28(36)30-17-15-20(2)3/h5-14,16,18,20,27H,4,15,17,19H2,1-3H3,(H,30,36)/t27-/m1/s1. The molecule has 2 heterocycles. The third-order valence-corrected chi connectivity index (χ3v) is 6.13. The van der Waals surface area contributed by atoms with Gasteiger partial charge in [0.15, 0.2) is 0 Å². The molecular formula is C28H32N6O2. The summed E-state index contributed by atoms with van der Waals surface area (Å²) in [6.45, 7) is 6.72. The third-order valence-electron chi connectivity index (χ3n) is 6.13. The Kier molecular flexibility index (Phi) is 8.05. The van der Waals surface area contributed by atoms with Crippen LogP contribution in [0.15, 0.2) is 73.1 Å². The molecule has 2 aromatic carbocycles. The van der Waals surface area contributed by atoms with E-state index in [1.54, 1.807) is 28.0 Å². The Hall–Kier alpha value is -4.07. The summed E-state index contributed by atoms with van der Waals surface area (Å²) in [7, 11) is 0. The number of amides is 2. The van der Waals surface area contributed by atoms with Crippen molar-refractivity contribution in [2.45, 2.75) is 46.2 Å². The number of carbonyl (C=O) groups is 2. The molecule has 2 amide bonds. The predicted octanol–water partition coefficient (Wildman–Crippen LogP) is 4.33. The Balaban J connectivity index is 1.78. The molecule has 36 heavy (non-hydrogen) atoms. The van der Waals surface area contributed by atoms with E-state index in [1.165, 1.54) is 0 Å². The zero-order chi connectivity index (χ0) is 25.5. The Morgan fingerprint density at radius 1 is 1.03 bits per heavy atom. The van der Waals surface area contributed by atoms with Crippen LogP contribution in [-0.2, 0) is 22.6 Å². The summed E-state index contributed by atoms with van der Waals surface area (Å²) < 4.78 is 1.58. The van der Waals surface area contributed by atoms with E-state index in [0.717, 1.165) is 17.5 Å². The SMILES string of the molecule is CCc1ccccc1N(C(=O)Cn1nnc2ccccc21)[C@@H](C(=O)NCCC(C)C)c1cccnc1. The Morgan fingerprint density at radius 2 is 1.81 bits per heavy atom. The molecule has 0 aliphatic rings. The molecule has 0 fully saturated rings. The van der Waals surface area contributed by atoms with E-state index in [4.69, 9.17) is 0 Å². The van der Waals surface area contributed by atoms with Gasteiger partial charge in [-0.3, -0.25) is 19.5 Å². The second-order valence-electron chi connectivity index (χ2n) is 9.14. The van der Waals surface area contributed by atoms with Crippen LogP contribution in [0.2, 0.25) is 0 Å². The van der Waals surface area contributed by atoms with Crippen molar-refractivity contribution in [2.24, 2.45) is 5.92 Å². The minimum atomic E-state index is -0.888. The molecule has 4 aromatic rings. The molecule has 0 aliphatic heterocycles. The zero-order valence-electron chi connectivity index (χ0n) is 21.0. The maximum Gasteiger partial charge on any atom is 0.249 e. The summed E-state index contributed by atoms with van der Waals surface area (Å²) >= 11 is 0. The zero-order valence-corrected chi connectivity index (χ0v) is 21.0. The summed E-state index contributed by atoms with van der Waals surface area (Å²) in [5.74, 6) is -0.0629. The van der Waals surface area contributed by atoms with Crippen molar-refractivity contribution in [3.8, 4) is 0 Å². The van der Waals surface area contributed by atoms with E-state index in [1.807, 2.05) is 61.5 Å². The van der Waals surface area contributed by atoms with Crippen LogP contribution in [0.25, 0.3) is 11.0 Å². The number of nitrogens with one attached hydrogen (secondary N) is 1. The first-order chi connectivity index (χ1) is 17.5. The third kappa shape index (κ3) is 5.59. The van der Waals surface area contributed by atoms with E-state index in [0.29, 0.717) is 35.7 Å². The maximum absolute atomic E-state index is 14.1. The van der Waals surface area contributed by atoms with Crippen LogP contribution in [0.5, 0.6) is 0 Å². The molecule has 0 saturated heterocycles. The summed E-state index contributed by atoms with van der Waals surface area (Å²) in [4.78, 5) is 33.6. The quantitative estimate of drug-likeness (QED) is 0.362. The lowest BCUT2D eigenvalue weighted by atomic mass is 10.0. The minimum absolute atomic E-state index is 0.0609. The number of hydrogen-bond acceptors (Lipinski definition) is 5. The first-order valence-corrected chi connectivity index (χ1v) is 12.4. The van der Waals surface area contributed by atoms with Gasteiger partial charge in [-0.2, -0.15) is 0 Å². The van der Waals surface area contributed by atoms with Crippen molar-refractivity contribution >= 4 is 28.5 Å². The molecule has 0 bridgehead atoms. The number of nitrogens with zero attached hydrogens (tertiary/aromatic N) is 5. The van der Waals surface area contributed by atoms with Crippen molar-refractivity contribution in [1.29, 1.82) is 0 Å². The van der Waals surface area contributed by atoms with Crippen molar-refractivity contribution in [2.75, 3.05) is 11.4 Å². The number of carbonyl (C=O) groups excluding carboxylic acids is 2. The fourth-order valence-electron chi connectivity index (χ4n) is 4.24. The van der Waals surface area contributed by atoms with Gasteiger partial charge in [0.25, 0.3) is 0 Å². The van der Waals surface area contributed by atoms with E-state index in [-0.39, 0.29) is 18.4 Å². The van der Waals surface area contributed by atoms with Crippen molar-refractivity contribution in [1.82, 2.24) is 25.3 Å². The number of aryl methyl sites for hydroxylation is 1. The van der Waals surface area contributed by atoms with Gasteiger partial charge in [0.2, 0.25) is 11.8 Å². The van der Waals surface area contributed by atoms with Gasteiger partial charge in [-0.1, -0.05) is 62.4 Å². The predicted molar refractivity (Wildman–Crippen MR) is 140 cm³/mol. The van der Waals surface area contributed by atoms with Crippen molar-refractivity contribution in [3.05, 3.63) is 84.2 Å². The normalized spacial score (nSPS) is 12.0. The van der Waals surface area contributed by atoms with Crippen molar-refractivity contribution in [3.63, 3.8) is 0 Å². The van der Waals surface area contributed by atoms with E-state index >= 15 is 0 Å². The van der Waals surface area contributed by atoms with Crippen LogP contribution >= 0.6 is 0 Å². The van der Waals surface area contributed by atoms with Gasteiger partial charge in [-0.15, -0.1) is 5.10 Å². The van der Waals surface area contributed by atoms with Crippen LogP contribution in [0.4, 0.5) is 5.69 Å². The molecule has 4 rings (SSSR count). The lowest BCUT2D eigenvalue weighted by Gasteiger charge is -2.32. The second kappa shape index (κ2) is 11.6. The molecular weight excluding hydrogens is 452 g/mol. The largest absolute Gasteiger partial charge is 0.354 e. The molecule has 8 nitrogen and oxygen atoms in total. The lowest BCUT2D eigenvalue weighted by Crippen LogP contribution is -2.46. The Bertz CT molecular complexity index is 1320. The van der Waals surface area contributed by atoms with Crippen LogP contribution < -0.4 is 10.2 Å². The molecule has 1 N–H and O–H groups in total. The molecule has 0 unspecified atom stereocenters. The Morgan fingerprint density at radius 3 is 2.56 bits per heavy atom. The number of anilines is 1. The van der Waals surface area contributed by atoms with Crippen LogP contribution in [0.1, 0.15) is 44.4 Å². The smallest absolute Gasteiger partial charge is 0.249 e. The number of rotatable bonds is 10. The number of pyridine rings is 1. The highest BCUT2D eigenvalue weighted by atomic mass is 16.2. The number of aromatic nitrogens is 4. The average molecular weight is 485 g/mol. The molecule has 8 heteroatoms. The monoisotopic (exact) mass is 484 g/mol. The molecule has 1 atom stereocenters. The Labute approximate surface area is 211 Å². The topological polar surface area (TPSA) is 93.0 Å². The van der Waals surface area contributed by atoms with Crippen LogP contribution in [0, 0.1) is 5.92 Å². The van der Waals surface area contributed by atoms with Crippen LogP contribution in [-0.4, -0.2) is 38.3 Å². The first-order valence-electron chi connectivity index (χ1n) is 12.4. The number of fused-ring (bicyclic) bond motifs is 1. The highest BCUT2D eigenvalue weighted by Gasteiger charge is 2.34. The van der Waals surface area contributed by atoms with Gasteiger partial charge in [0.1, 0.15) is 18.1 Å². The average Bonchev–Trinajstić information content (AvgIpc) is 3.30. The summed E-state index contributed by atoms with van der Waals surface area (Å²) in [6.07, 6.45) is 4.86. The van der Waals surface area contributed by atoms with Gasteiger partial charge in [0.05, 0.1) is 5.52 Å². The van der Waals surface area contributed by atoms with Gasteiger partial charge in [0, 0.05) is 30.2 Å². The number of para-hydroxylation sites is 2. The summed E-state index contributed by atoms with van der Waals surface area (Å²) in [5.41, 5.74) is 3.78. The fourth-order valence-corrected chi connectivity index (χ4v) is 4.24. The summed E-state index contributed by atoms with van der Waals surface area (Å²) in [5, 5.41) is 11.4. The molecule has 0 saturated carbocycles. The minimum Gasteiger partial charge on any atom is -0.354 e. The van der Waals surface area contributed by atoms with E-state index in [2.05, 4.69) is 34.5 Å². The first kappa shape index (κ1) is 25.0. The van der Waals surface area contributed by atoms with Gasteiger partial charge < -0.3 is 5.32 Å². The molecule has 186 valence electrons. The lowest BCUT2D eigenvalue weighted by molar-refractivity contribution is -0.127. The fraction of sp³-hybridized carbons (Fsp3) is 0.321. The van der Waals surface area contributed by atoms with Gasteiger partial charge in [-0.05, 0) is 48.6 Å². The molecule has 2 aromatic heterocycles. The number of benzene rings is 2.